The molecule has 1 N–H and O–H groups in total. The van der Waals surface area contributed by atoms with Gasteiger partial charge in [-0.15, -0.1) is 0 Å². The van der Waals surface area contributed by atoms with Gasteiger partial charge in [-0.2, -0.15) is 0 Å². The molecule has 0 radical (unpaired) electrons. The van der Waals surface area contributed by atoms with Crippen molar-refractivity contribution < 1.29 is 9.90 Å². The van der Waals surface area contributed by atoms with E-state index in [1.54, 1.807) is 12.1 Å². The van der Waals surface area contributed by atoms with E-state index in [1.165, 1.54) is 0 Å². The minimum atomic E-state index is -0.845. The van der Waals surface area contributed by atoms with Gasteiger partial charge < -0.3 is 5.11 Å². The van der Waals surface area contributed by atoms with Crippen molar-refractivity contribution in [2.75, 3.05) is 0 Å². The van der Waals surface area contributed by atoms with E-state index >= 15 is 0 Å². The van der Waals surface area contributed by atoms with E-state index in [1.807, 2.05) is 32.9 Å². The summed E-state index contributed by atoms with van der Waals surface area (Å²) in [5, 5.41) is 8.70. The summed E-state index contributed by atoms with van der Waals surface area (Å²) in [4.78, 5) is 10.6. The van der Waals surface area contributed by atoms with Gasteiger partial charge in [-0.05, 0) is 18.1 Å². The van der Waals surface area contributed by atoms with E-state index < -0.39 is 5.97 Å². The number of aromatic carboxylic acids is 1. The van der Waals surface area contributed by atoms with Gasteiger partial charge in [0.15, 0.2) is 0 Å². The summed E-state index contributed by atoms with van der Waals surface area (Å²) in [6.07, 6.45) is 0.766. The fourth-order valence-corrected chi connectivity index (χ4v) is 1.04. The van der Waals surface area contributed by atoms with Crippen molar-refractivity contribution in [3.05, 3.63) is 35.4 Å². The van der Waals surface area contributed by atoms with E-state index in [9.17, 15) is 4.79 Å². The summed E-state index contributed by atoms with van der Waals surface area (Å²) >= 11 is 0. The molecule has 0 aliphatic heterocycles. The minimum Gasteiger partial charge on any atom is -0.478 e. The number of carboxylic acids is 1. The van der Waals surface area contributed by atoms with Gasteiger partial charge >= 0.3 is 5.97 Å². The van der Waals surface area contributed by atoms with Gasteiger partial charge in [0.05, 0.1) is 5.56 Å². The Kier molecular flexibility index (Phi) is 5.60. The molecule has 0 heterocycles. The Hall–Kier alpha value is -1.31. The molecule has 0 atom stereocenters. The molecule has 72 valence electrons. The molecule has 0 unspecified atom stereocenters. The van der Waals surface area contributed by atoms with E-state index in [-0.39, 0.29) is 0 Å². The maximum Gasteiger partial charge on any atom is 0.335 e. The zero-order valence-corrected chi connectivity index (χ0v) is 8.37. The fraction of sp³-hybridized carbons (Fsp3) is 0.364. The quantitative estimate of drug-likeness (QED) is 0.759. The van der Waals surface area contributed by atoms with Crippen LogP contribution in [0.3, 0.4) is 0 Å². The van der Waals surface area contributed by atoms with Crippen LogP contribution < -0.4 is 0 Å². The third-order valence-corrected chi connectivity index (χ3v) is 1.63. The third-order valence-electron chi connectivity index (χ3n) is 1.63. The highest BCUT2D eigenvalue weighted by molar-refractivity contribution is 5.89. The summed E-state index contributed by atoms with van der Waals surface area (Å²) < 4.78 is 0. The Morgan fingerprint density at radius 1 is 1.31 bits per heavy atom. The average molecular weight is 180 g/mol. The molecule has 1 rings (SSSR count). The monoisotopic (exact) mass is 180 g/mol. The molecule has 0 aromatic heterocycles. The second kappa shape index (κ2) is 6.23. The largest absolute Gasteiger partial charge is 0.478 e. The molecular formula is C11H16O2. The second-order valence-corrected chi connectivity index (χ2v) is 2.32. The van der Waals surface area contributed by atoms with E-state index in [0.717, 1.165) is 12.0 Å². The van der Waals surface area contributed by atoms with Crippen molar-refractivity contribution in [3.63, 3.8) is 0 Å². The molecule has 13 heavy (non-hydrogen) atoms. The smallest absolute Gasteiger partial charge is 0.335 e. The summed E-state index contributed by atoms with van der Waals surface area (Å²) in [5.41, 5.74) is 1.30. The first kappa shape index (κ1) is 11.7. The van der Waals surface area contributed by atoms with Crippen LogP contribution in [0, 0.1) is 0 Å². The zero-order chi connectivity index (χ0) is 10.3. The Morgan fingerprint density at radius 3 is 2.23 bits per heavy atom. The fourth-order valence-electron chi connectivity index (χ4n) is 1.04. The number of rotatable bonds is 2. The minimum absolute atomic E-state index is 0.412. The number of benzene rings is 1. The topological polar surface area (TPSA) is 37.3 Å². The van der Waals surface area contributed by atoms with Crippen LogP contribution in [0.1, 0.15) is 36.7 Å². The number of hydrogen-bond donors (Lipinski definition) is 1. The normalized spacial score (nSPS) is 8.54. The van der Waals surface area contributed by atoms with Crippen LogP contribution in [0.2, 0.25) is 0 Å². The van der Waals surface area contributed by atoms with Gasteiger partial charge in [-0.25, -0.2) is 4.79 Å². The van der Waals surface area contributed by atoms with Crippen LogP contribution in [-0.4, -0.2) is 11.1 Å². The van der Waals surface area contributed by atoms with Crippen molar-refractivity contribution in [1.82, 2.24) is 0 Å². The van der Waals surface area contributed by atoms with Gasteiger partial charge in [0.2, 0.25) is 0 Å². The third kappa shape index (κ3) is 3.28. The van der Waals surface area contributed by atoms with Crippen LogP contribution in [0.5, 0.6) is 0 Å². The molecule has 0 bridgehead atoms. The molecule has 0 aliphatic carbocycles. The lowest BCUT2D eigenvalue weighted by atomic mass is 10.1. The van der Waals surface area contributed by atoms with Crippen LogP contribution >= 0.6 is 0 Å². The van der Waals surface area contributed by atoms with Gasteiger partial charge in [-0.1, -0.05) is 39.0 Å². The molecule has 2 heteroatoms. The standard InChI is InChI=1S/C9H10O2.C2H6/c1-2-7-5-3-4-6-8(7)9(10)11;1-2/h3-6H,2H2,1H3,(H,10,11);1-2H3. The predicted octanol–water partition coefficient (Wildman–Crippen LogP) is 2.97. The molecule has 0 spiro atoms. The van der Waals surface area contributed by atoms with Crippen molar-refractivity contribution >= 4 is 5.97 Å². The molecular weight excluding hydrogens is 164 g/mol. The zero-order valence-electron chi connectivity index (χ0n) is 8.37. The lowest BCUT2D eigenvalue weighted by Gasteiger charge is -2.00. The summed E-state index contributed by atoms with van der Waals surface area (Å²) in [6.45, 7) is 5.95. The van der Waals surface area contributed by atoms with Gasteiger partial charge in [0.25, 0.3) is 0 Å². The average Bonchev–Trinajstić information content (AvgIpc) is 2.20. The summed E-state index contributed by atoms with van der Waals surface area (Å²) in [7, 11) is 0. The van der Waals surface area contributed by atoms with Crippen LogP contribution in [-0.2, 0) is 6.42 Å². The van der Waals surface area contributed by atoms with Crippen molar-refractivity contribution in [2.24, 2.45) is 0 Å². The van der Waals surface area contributed by atoms with Crippen molar-refractivity contribution in [3.8, 4) is 0 Å². The molecule has 0 aliphatic rings. The van der Waals surface area contributed by atoms with Gasteiger partial charge in [-0.3, -0.25) is 0 Å². The number of hydrogen-bond acceptors (Lipinski definition) is 1. The molecule has 1 aromatic rings. The maximum absolute atomic E-state index is 10.6. The number of aryl methyl sites for hydroxylation is 1. The van der Waals surface area contributed by atoms with E-state index in [0.29, 0.717) is 5.56 Å². The van der Waals surface area contributed by atoms with Crippen molar-refractivity contribution in [1.29, 1.82) is 0 Å². The van der Waals surface area contributed by atoms with Crippen LogP contribution in [0.4, 0.5) is 0 Å². The summed E-state index contributed by atoms with van der Waals surface area (Å²) in [5.74, 6) is -0.845. The Balaban J connectivity index is 0.000000671. The van der Waals surface area contributed by atoms with E-state index in [4.69, 9.17) is 5.11 Å². The van der Waals surface area contributed by atoms with Crippen molar-refractivity contribution in [2.45, 2.75) is 27.2 Å². The summed E-state index contributed by atoms with van der Waals surface area (Å²) in [6, 6.07) is 7.05. The van der Waals surface area contributed by atoms with E-state index in [2.05, 4.69) is 0 Å². The highest BCUT2D eigenvalue weighted by Crippen LogP contribution is 2.08. The van der Waals surface area contributed by atoms with Gasteiger partial charge in [0, 0.05) is 0 Å². The van der Waals surface area contributed by atoms with Gasteiger partial charge in [0.1, 0.15) is 0 Å². The highest BCUT2D eigenvalue weighted by atomic mass is 16.4. The molecule has 1 aromatic carbocycles. The molecule has 2 nitrogen and oxygen atoms in total. The predicted molar refractivity (Wildman–Crippen MR) is 54.1 cm³/mol. The second-order valence-electron chi connectivity index (χ2n) is 2.32. The lowest BCUT2D eigenvalue weighted by molar-refractivity contribution is 0.0696. The molecule has 0 fully saturated rings. The Morgan fingerprint density at radius 2 is 1.85 bits per heavy atom. The first-order chi connectivity index (χ1) is 6.25. The molecule has 0 amide bonds. The SMILES string of the molecule is CC.CCc1ccccc1C(=O)O. The maximum atomic E-state index is 10.6. The van der Waals surface area contributed by atoms with Crippen LogP contribution in [0.25, 0.3) is 0 Å². The first-order valence-corrected chi connectivity index (χ1v) is 4.57. The number of carboxylic acid groups (broad SMARTS) is 1. The number of carbonyl (C=O) groups is 1. The molecule has 0 saturated carbocycles. The van der Waals surface area contributed by atoms with Crippen LogP contribution in [0.15, 0.2) is 24.3 Å². The highest BCUT2D eigenvalue weighted by Gasteiger charge is 2.05. The Labute approximate surface area is 79.2 Å². The lowest BCUT2D eigenvalue weighted by Crippen LogP contribution is -2.00. The Bertz CT molecular complexity index is 267. The molecule has 0 saturated heterocycles. The first-order valence-electron chi connectivity index (χ1n) is 4.57.